The summed E-state index contributed by atoms with van der Waals surface area (Å²) in [5.74, 6) is 0. The van der Waals surface area contributed by atoms with Gasteiger partial charge in [0, 0.05) is 0 Å². The maximum absolute atomic E-state index is 6.66. The quantitative estimate of drug-likeness (QED) is 0.660. The van der Waals surface area contributed by atoms with Crippen LogP contribution in [-0.2, 0) is 6.42 Å². The molecular weight excluding hydrogens is 148 g/mol. The third kappa shape index (κ3) is 2.33. The van der Waals surface area contributed by atoms with Crippen molar-refractivity contribution in [1.82, 2.24) is 0 Å². The first-order valence-electron chi connectivity index (χ1n) is 4.08. The molecule has 0 amide bonds. The Hall–Kier alpha value is -1.40. The van der Waals surface area contributed by atoms with Gasteiger partial charge in [0.25, 0.3) is 0 Å². The van der Waals surface area contributed by atoms with E-state index in [1.807, 2.05) is 30.3 Å². The molecule has 1 rings (SSSR count). The Morgan fingerprint density at radius 3 is 2.50 bits per heavy atom. The zero-order valence-electron chi connectivity index (χ0n) is 7.17. The second-order valence-electron chi connectivity index (χ2n) is 2.64. The van der Waals surface area contributed by atoms with E-state index in [9.17, 15) is 0 Å². The van der Waals surface area contributed by atoms with E-state index < -0.39 is 0 Å². The highest BCUT2D eigenvalue weighted by molar-refractivity contribution is 5.50. The van der Waals surface area contributed by atoms with Crippen molar-refractivity contribution in [2.24, 2.45) is 4.99 Å². The van der Waals surface area contributed by atoms with Crippen LogP contribution in [0.5, 0.6) is 0 Å². The van der Waals surface area contributed by atoms with Crippen molar-refractivity contribution in [2.45, 2.75) is 19.8 Å². The second-order valence-corrected chi connectivity index (χ2v) is 2.64. The highest BCUT2D eigenvalue weighted by Crippen LogP contribution is 2.12. The topological polar surface area (TPSA) is 36.2 Å². The molecular formula is C10H12N2. The first-order valence-corrected chi connectivity index (χ1v) is 4.08. The molecule has 0 radical (unpaired) electrons. The number of aliphatic imine (C=N–C) groups is 1. The number of hydrogen-bond acceptors (Lipinski definition) is 2. The Balaban J connectivity index is 2.77. The molecule has 0 unspecified atom stereocenters. The van der Waals surface area contributed by atoms with Gasteiger partial charge in [-0.1, -0.05) is 25.5 Å². The molecule has 2 nitrogen and oxygen atoms in total. The fourth-order valence-electron chi connectivity index (χ4n) is 1.09. The maximum Gasteiger partial charge on any atom is 0.0918 e. The van der Waals surface area contributed by atoms with Gasteiger partial charge in [-0.2, -0.15) is 4.99 Å². The average Bonchev–Trinajstić information content (AvgIpc) is 2.09. The number of nitrogens with one attached hydrogen (secondary N) is 1. The zero-order chi connectivity index (χ0) is 8.81. The second kappa shape index (κ2) is 4.47. The van der Waals surface area contributed by atoms with Gasteiger partial charge in [0.05, 0.1) is 11.7 Å². The number of nitrogens with zero attached hydrogens (tertiary/aromatic N) is 1. The van der Waals surface area contributed by atoms with Crippen LogP contribution >= 0.6 is 0 Å². The summed E-state index contributed by atoms with van der Waals surface area (Å²) in [6, 6.07) is 9.91. The number of aryl methyl sites for hydroxylation is 1. The summed E-state index contributed by atoms with van der Waals surface area (Å²) in [4.78, 5) is 3.72. The van der Waals surface area contributed by atoms with Crippen LogP contribution in [0.4, 0.5) is 5.69 Å². The predicted molar refractivity (Wildman–Crippen MR) is 50.3 cm³/mol. The van der Waals surface area contributed by atoms with Crippen LogP contribution in [0.1, 0.15) is 18.9 Å². The molecule has 0 aliphatic rings. The van der Waals surface area contributed by atoms with E-state index in [4.69, 9.17) is 5.41 Å². The molecule has 0 heterocycles. The van der Waals surface area contributed by atoms with E-state index >= 15 is 0 Å². The molecule has 0 aliphatic carbocycles. The first kappa shape index (κ1) is 8.69. The molecule has 1 aromatic rings. The molecule has 0 saturated heterocycles. The third-order valence-corrected chi connectivity index (χ3v) is 1.66. The van der Waals surface area contributed by atoms with Crippen molar-refractivity contribution in [3.05, 3.63) is 29.8 Å². The Bertz CT molecular complexity index is 281. The molecule has 0 atom stereocenters. The van der Waals surface area contributed by atoms with Gasteiger partial charge in [0.15, 0.2) is 0 Å². The molecule has 0 spiro atoms. The van der Waals surface area contributed by atoms with Crippen LogP contribution < -0.4 is 0 Å². The Labute approximate surface area is 72.5 Å². The van der Waals surface area contributed by atoms with E-state index in [0.717, 1.165) is 18.5 Å². The molecule has 0 bridgehead atoms. The Morgan fingerprint density at radius 2 is 2.00 bits per heavy atom. The van der Waals surface area contributed by atoms with Gasteiger partial charge in [0.1, 0.15) is 0 Å². The lowest BCUT2D eigenvalue weighted by Gasteiger charge is -1.97. The molecule has 0 saturated carbocycles. The van der Waals surface area contributed by atoms with Crippen LogP contribution in [0.3, 0.4) is 0 Å². The molecule has 0 fully saturated rings. The van der Waals surface area contributed by atoms with Crippen LogP contribution in [0.15, 0.2) is 29.3 Å². The minimum absolute atomic E-state index is 0.796. The molecule has 0 aliphatic heterocycles. The summed E-state index contributed by atoms with van der Waals surface area (Å²) in [5.41, 5.74) is 2.12. The van der Waals surface area contributed by atoms with Crippen LogP contribution in [0.2, 0.25) is 0 Å². The van der Waals surface area contributed by atoms with Crippen molar-refractivity contribution in [3.8, 4) is 0 Å². The fourth-order valence-corrected chi connectivity index (χ4v) is 1.09. The highest BCUT2D eigenvalue weighted by atomic mass is 14.7. The summed E-state index contributed by atoms with van der Waals surface area (Å²) >= 11 is 0. The minimum atomic E-state index is 0.796. The number of hydrogen-bond donors (Lipinski definition) is 1. The molecule has 2 heteroatoms. The van der Waals surface area contributed by atoms with Gasteiger partial charge in [-0.25, -0.2) is 5.41 Å². The monoisotopic (exact) mass is 160 g/mol. The van der Waals surface area contributed by atoms with E-state index in [2.05, 4.69) is 11.9 Å². The SMILES string of the molecule is CCCc1ccc(N=C=N)cc1. The van der Waals surface area contributed by atoms with E-state index in [1.54, 1.807) is 0 Å². The third-order valence-electron chi connectivity index (χ3n) is 1.66. The number of benzene rings is 1. The van der Waals surface area contributed by atoms with Gasteiger partial charge >= 0.3 is 0 Å². The van der Waals surface area contributed by atoms with E-state index in [1.165, 1.54) is 5.56 Å². The first-order chi connectivity index (χ1) is 5.86. The summed E-state index contributed by atoms with van der Waals surface area (Å²) in [7, 11) is 0. The predicted octanol–water partition coefficient (Wildman–Crippen LogP) is 3.02. The normalized spacial score (nSPS) is 9.08. The Morgan fingerprint density at radius 1 is 1.33 bits per heavy atom. The largest absolute Gasteiger partial charge is 0.241 e. The van der Waals surface area contributed by atoms with Crippen LogP contribution in [0.25, 0.3) is 0 Å². The van der Waals surface area contributed by atoms with Crippen molar-refractivity contribution in [2.75, 3.05) is 0 Å². The van der Waals surface area contributed by atoms with Crippen molar-refractivity contribution in [3.63, 3.8) is 0 Å². The van der Waals surface area contributed by atoms with Crippen molar-refractivity contribution >= 4 is 11.7 Å². The lowest BCUT2D eigenvalue weighted by Crippen LogP contribution is -1.80. The number of rotatable bonds is 3. The van der Waals surface area contributed by atoms with Gasteiger partial charge in [-0.15, -0.1) is 0 Å². The summed E-state index contributed by atoms with van der Waals surface area (Å²) in [6.07, 6.45) is 2.27. The van der Waals surface area contributed by atoms with Gasteiger partial charge < -0.3 is 0 Å². The average molecular weight is 160 g/mol. The Kier molecular flexibility index (Phi) is 3.24. The van der Waals surface area contributed by atoms with E-state index in [0.29, 0.717) is 0 Å². The zero-order valence-corrected chi connectivity index (χ0v) is 7.17. The minimum Gasteiger partial charge on any atom is -0.241 e. The van der Waals surface area contributed by atoms with Crippen molar-refractivity contribution in [1.29, 1.82) is 5.41 Å². The molecule has 12 heavy (non-hydrogen) atoms. The van der Waals surface area contributed by atoms with E-state index in [-0.39, 0.29) is 0 Å². The summed E-state index contributed by atoms with van der Waals surface area (Å²) in [6.45, 7) is 2.16. The van der Waals surface area contributed by atoms with Gasteiger partial charge in [0.2, 0.25) is 0 Å². The smallest absolute Gasteiger partial charge is 0.0918 e. The van der Waals surface area contributed by atoms with Gasteiger partial charge in [-0.3, -0.25) is 0 Å². The lowest BCUT2D eigenvalue weighted by molar-refractivity contribution is 0.922. The van der Waals surface area contributed by atoms with Crippen LogP contribution in [0, 0.1) is 5.41 Å². The van der Waals surface area contributed by atoms with Crippen molar-refractivity contribution < 1.29 is 0 Å². The van der Waals surface area contributed by atoms with Gasteiger partial charge in [-0.05, 0) is 24.1 Å². The molecule has 1 aromatic carbocycles. The summed E-state index contributed by atoms with van der Waals surface area (Å²) < 4.78 is 0. The molecule has 1 N–H and O–H groups in total. The maximum atomic E-state index is 6.66. The fraction of sp³-hybridized carbons (Fsp3) is 0.300. The summed E-state index contributed by atoms with van der Waals surface area (Å²) in [5, 5.41) is 6.66. The lowest BCUT2D eigenvalue weighted by atomic mass is 10.1. The van der Waals surface area contributed by atoms with Crippen LogP contribution in [-0.4, -0.2) is 6.01 Å². The molecule has 62 valence electrons. The highest BCUT2D eigenvalue weighted by Gasteiger charge is 1.90. The standard InChI is InChI=1S/C10H12N2/c1-2-3-9-4-6-10(7-5-9)12-8-11/h4-7,11H,2-3H2,1H3. The molecule has 0 aromatic heterocycles.